The van der Waals surface area contributed by atoms with E-state index in [0.717, 1.165) is 0 Å². The summed E-state index contributed by atoms with van der Waals surface area (Å²) < 4.78 is 5.96. The van der Waals surface area contributed by atoms with Crippen molar-refractivity contribution in [2.75, 3.05) is 7.11 Å². The number of hydrogen-bond donors (Lipinski definition) is 1. The van der Waals surface area contributed by atoms with E-state index in [4.69, 9.17) is 5.41 Å². The number of pyridine rings is 1. The molecule has 0 aliphatic carbocycles. The molecule has 0 radical (unpaired) electrons. The average molecular weight is 178 g/mol. The van der Waals surface area contributed by atoms with Gasteiger partial charge in [-0.1, -0.05) is 6.58 Å². The zero-order valence-electron chi connectivity index (χ0n) is 7.28. The Hall–Kier alpha value is -1.84. The molecule has 0 spiro atoms. The molecule has 1 aromatic heterocycles. The molecule has 0 saturated carbocycles. The average Bonchev–Trinajstić information content (AvgIpc) is 2.17. The highest BCUT2D eigenvalue weighted by Gasteiger charge is 2.04. The van der Waals surface area contributed by atoms with Crippen LogP contribution in [0.3, 0.4) is 0 Å². The first-order valence-electron chi connectivity index (χ1n) is 3.66. The summed E-state index contributed by atoms with van der Waals surface area (Å²) in [6.45, 7) is 3.51. The fraction of sp³-hybridized carbons (Fsp3) is 0.111. The van der Waals surface area contributed by atoms with Crippen molar-refractivity contribution < 1.29 is 9.53 Å². The molecular weight excluding hydrogens is 168 g/mol. The molecule has 1 heterocycles. The number of esters is 1. The van der Waals surface area contributed by atoms with Gasteiger partial charge in [-0.15, -0.1) is 0 Å². The summed E-state index contributed by atoms with van der Waals surface area (Å²) in [7, 11) is 1.31. The Bertz CT molecular complexity index is 393. The molecule has 0 aromatic carbocycles. The maximum atomic E-state index is 11.1. The van der Waals surface area contributed by atoms with E-state index in [9.17, 15) is 4.79 Å². The third-order valence-corrected chi connectivity index (χ3v) is 1.59. The SMILES string of the molecule is C=Cn1cc(C(=O)OC)ccc1=N. The second-order valence-electron chi connectivity index (χ2n) is 2.38. The van der Waals surface area contributed by atoms with Gasteiger partial charge >= 0.3 is 5.97 Å². The topological polar surface area (TPSA) is 55.1 Å². The lowest BCUT2D eigenvalue weighted by Gasteiger charge is -2.02. The van der Waals surface area contributed by atoms with Crippen molar-refractivity contribution >= 4 is 12.2 Å². The van der Waals surface area contributed by atoms with E-state index in [1.165, 1.54) is 36.2 Å². The van der Waals surface area contributed by atoms with Crippen LogP contribution >= 0.6 is 0 Å². The normalized spacial score (nSPS) is 9.31. The summed E-state index contributed by atoms with van der Waals surface area (Å²) in [5, 5.41) is 7.41. The van der Waals surface area contributed by atoms with Crippen LogP contribution in [-0.4, -0.2) is 17.6 Å². The van der Waals surface area contributed by atoms with Crippen LogP contribution in [-0.2, 0) is 4.74 Å². The summed E-state index contributed by atoms with van der Waals surface area (Å²) in [5.41, 5.74) is 0.668. The number of ether oxygens (including phenoxy) is 1. The van der Waals surface area contributed by atoms with Gasteiger partial charge in [0.2, 0.25) is 0 Å². The van der Waals surface area contributed by atoms with Gasteiger partial charge in [-0.2, -0.15) is 0 Å². The first-order chi connectivity index (χ1) is 6.19. The smallest absolute Gasteiger partial charge is 0.339 e. The second-order valence-corrected chi connectivity index (χ2v) is 2.38. The number of nitrogens with zero attached hydrogens (tertiary/aromatic N) is 1. The summed E-state index contributed by atoms with van der Waals surface area (Å²) in [4.78, 5) is 11.1. The van der Waals surface area contributed by atoms with Crippen molar-refractivity contribution in [3.8, 4) is 0 Å². The molecule has 1 rings (SSSR count). The zero-order chi connectivity index (χ0) is 9.84. The fourth-order valence-electron chi connectivity index (χ4n) is 0.907. The third-order valence-electron chi connectivity index (χ3n) is 1.59. The number of methoxy groups -OCH3 is 1. The van der Waals surface area contributed by atoms with Crippen molar-refractivity contribution in [3.63, 3.8) is 0 Å². The Morgan fingerprint density at radius 2 is 2.38 bits per heavy atom. The highest BCUT2D eigenvalue weighted by atomic mass is 16.5. The number of hydrogen-bond acceptors (Lipinski definition) is 3. The maximum Gasteiger partial charge on any atom is 0.339 e. The summed E-state index contributed by atoms with van der Waals surface area (Å²) >= 11 is 0. The van der Waals surface area contributed by atoms with Gasteiger partial charge in [0, 0.05) is 12.4 Å². The van der Waals surface area contributed by atoms with Crippen LogP contribution in [0, 0.1) is 5.41 Å². The van der Waals surface area contributed by atoms with Crippen LogP contribution in [0.5, 0.6) is 0 Å². The molecule has 0 aliphatic heterocycles. The summed E-state index contributed by atoms with van der Waals surface area (Å²) in [6.07, 6.45) is 2.95. The van der Waals surface area contributed by atoms with Crippen LogP contribution in [0.2, 0.25) is 0 Å². The number of carbonyl (C=O) groups is 1. The molecule has 0 unspecified atom stereocenters. The standard InChI is InChI=1S/C9H10N2O2/c1-3-11-6-7(9(12)13-2)4-5-8(11)10/h3-6,10H,1H2,2H3. The molecule has 0 bridgehead atoms. The molecule has 4 nitrogen and oxygen atoms in total. The van der Waals surface area contributed by atoms with E-state index in [-0.39, 0.29) is 5.49 Å². The van der Waals surface area contributed by atoms with Gasteiger partial charge in [0.1, 0.15) is 5.49 Å². The van der Waals surface area contributed by atoms with Crippen LogP contribution in [0.25, 0.3) is 6.20 Å². The first kappa shape index (κ1) is 9.25. The Kier molecular flexibility index (Phi) is 2.64. The molecular formula is C9H10N2O2. The number of aromatic nitrogens is 1. The number of rotatable bonds is 2. The van der Waals surface area contributed by atoms with E-state index in [1.807, 2.05) is 0 Å². The molecule has 1 N–H and O–H groups in total. The minimum atomic E-state index is -0.421. The minimum Gasteiger partial charge on any atom is -0.465 e. The van der Waals surface area contributed by atoms with Crippen molar-refractivity contribution in [3.05, 3.63) is 36.0 Å². The van der Waals surface area contributed by atoms with Gasteiger partial charge in [-0.25, -0.2) is 4.79 Å². The van der Waals surface area contributed by atoms with Gasteiger partial charge in [0.25, 0.3) is 0 Å². The van der Waals surface area contributed by atoms with Crippen molar-refractivity contribution in [2.24, 2.45) is 0 Å². The summed E-state index contributed by atoms with van der Waals surface area (Å²) in [6, 6.07) is 3.04. The predicted octanol–water partition coefficient (Wildman–Crippen LogP) is 0.855. The van der Waals surface area contributed by atoms with Crippen LogP contribution in [0.15, 0.2) is 24.9 Å². The van der Waals surface area contributed by atoms with E-state index < -0.39 is 5.97 Å². The molecule has 0 fully saturated rings. The Morgan fingerprint density at radius 3 is 2.92 bits per heavy atom. The molecule has 13 heavy (non-hydrogen) atoms. The van der Waals surface area contributed by atoms with Crippen LogP contribution in [0.1, 0.15) is 10.4 Å². The van der Waals surface area contributed by atoms with E-state index in [1.54, 1.807) is 0 Å². The number of nitrogens with one attached hydrogen (secondary N) is 1. The lowest BCUT2D eigenvalue weighted by molar-refractivity contribution is 0.0600. The summed E-state index contributed by atoms with van der Waals surface area (Å²) in [5.74, 6) is -0.421. The van der Waals surface area contributed by atoms with E-state index in [2.05, 4.69) is 11.3 Å². The molecule has 4 heteroatoms. The Morgan fingerprint density at radius 1 is 1.69 bits per heavy atom. The second kappa shape index (κ2) is 3.71. The number of carbonyl (C=O) groups excluding carboxylic acids is 1. The van der Waals surface area contributed by atoms with Crippen LogP contribution < -0.4 is 5.49 Å². The highest BCUT2D eigenvalue weighted by Crippen LogP contribution is 1.97. The predicted molar refractivity (Wildman–Crippen MR) is 48.0 cm³/mol. The maximum absolute atomic E-state index is 11.1. The molecule has 1 aromatic rings. The molecule has 0 amide bonds. The molecule has 68 valence electrons. The lowest BCUT2D eigenvalue weighted by atomic mass is 10.3. The van der Waals surface area contributed by atoms with E-state index >= 15 is 0 Å². The largest absolute Gasteiger partial charge is 0.465 e. The molecule has 0 aliphatic rings. The first-order valence-corrected chi connectivity index (χ1v) is 3.66. The van der Waals surface area contributed by atoms with Crippen molar-refractivity contribution in [1.82, 2.24) is 4.57 Å². The quantitative estimate of drug-likeness (QED) is 0.683. The van der Waals surface area contributed by atoms with Gasteiger partial charge in [-0.3, -0.25) is 5.41 Å². The van der Waals surface area contributed by atoms with E-state index in [0.29, 0.717) is 5.56 Å². The van der Waals surface area contributed by atoms with Crippen molar-refractivity contribution in [1.29, 1.82) is 5.41 Å². The minimum absolute atomic E-state index is 0.266. The molecule has 0 saturated heterocycles. The third kappa shape index (κ3) is 1.84. The monoisotopic (exact) mass is 178 g/mol. The van der Waals surface area contributed by atoms with Gasteiger partial charge < -0.3 is 9.30 Å². The molecule has 0 atom stereocenters. The zero-order valence-corrected chi connectivity index (χ0v) is 7.28. The lowest BCUT2D eigenvalue weighted by Crippen LogP contribution is -2.16. The van der Waals surface area contributed by atoms with Crippen molar-refractivity contribution in [2.45, 2.75) is 0 Å². The van der Waals surface area contributed by atoms with Gasteiger partial charge in [0.15, 0.2) is 0 Å². The highest BCUT2D eigenvalue weighted by molar-refractivity contribution is 5.88. The Balaban J connectivity index is 3.21. The fourth-order valence-corrected chi connectivity index (χ4v) is 0.907. The van der Waals surface area contributed by atoms with Gasteiger partial charge in [-0.05, 0) is 12.1 Å². The van der Waals surface area contributed by atoms with Gasteiger partial charge in [0.05, 0.1) is 12.7 Å². The van der Waals surface area contributed by atoms with Crippen LogP contribution in [0.4, 0.5) is 0 Å². The Labute approximate surface area is 75.6 Å².